The second-order valence-electron chi connectivity index (χ2n) is 5.59. The molecule has 3 rings (SSSR count). The summed E-state index contributed by atoms with van der Waals surface area (Å²) in [6.07, 6.45) is 5.12. The summed E-state index contributed by atoms with van der Waals surface area (Å²) in [7, 11) is 0. The fourth-order valence-electron chi connectivity index (χ4n) is 2.44. The van der Waals surface area contributed by atoms with Crippen molar-refractivity contribution in [2.24, 2.45) is 0 Å². The van der Waals surface area contributed by atoms with Gasteiger partial charge in [0.25, 0.3) is 5.91 Å². The van der Waals surface area contributed by atoms with E-state index in [1.54, 1.807) is 30.5 Å². The number of hydrogen-bond donors (Lipinski definition) is 2. The summed E-state index contributed by atoms with van der Waals surface area (Å²) < 4.78 is 10.6. The first-order valence-corrected chi connectivity index (χ1v) is 8.17. The number of unbranched alkanes of at least 4 members (excludes halogenated alkanes) is 2. The van der Waals surface area contributed by atoms with Crippen LogP contribution in [0.3, 0.4) is 0 Å². The number of carbonyl (C=O) groups is 1. The standard InChI is InChI=1S/C18H21N3O3/c1-2-3-4-8-19-13-7-9-20-15(10-13)18(22)21-14-5-6-16-17(11-14)24-12-23-16/h5-7,9-11H,2-4,8,12H2,1H3,(H,19,20)(H,21,22). The van der Waals surface area contributed by atoms with Gasteiger partial charge < -0.3 is 20.1 Å². The number of benzene rings is 1. The minimum Gasteiger partial charge on any atom is -0.454 e. The van der Waals surface area contributed by atoms with Gasteiger partial charge in [-0.2, -0.15) is 0 Å². The van der Waals surface area contributed by atoms with Crippen LogP contribution in [0.5, 0.6) is 11.5 Å². The first-order chi connectivity index (χ1) is 11.8. The zero-order valence-electron chi connectivity index (χ0n) is 13.7. The highest BCUT2D eigenvalue weighted by atomic mass is 16.7. The van der Waals surface area contributed by atoms with Crippen LogP contribution in [0.15, 0.2) is 36.5 Å². The molecule has 1 aliphatic heterocycles. The Morgan fingerprint density at radius 1 is 1.12 bits per heavy atom. The Labute approximate surface area is 141 Å². The van der Waals surface area contributed by atoms with E-state index in [-0.39, 0.29) is 12.7 Å². The molecule has 0 unspecified atom stereocenters. The van der Waals surface area contributed by atoms with Crippen LogP contribution in [0.1, 0.15) is 36.7 Å². The summed E-state index contributed by atoms with van der Waals surface area (Å²) in [4.78, 5) is 16.5. The first kappa shape index (κ1) is 16.1. The number of carbonyl (C=O) groups excluding carboxylic acids is 1. The molecule has 1 aromatic carbocycles. The van der Waals surface area contributed by atoms with Gasteiger partial charge in [0.05, 0.1) is 0 Å². The van der Waals surface area contributed by atoms with Crippen molar-refractivity contribution < 1.29 is 14.3 Å². The summed E-state index contributed by atoms with van der Waals surface area (Å²) >= 11 is 0. The van der Waals surface area contributed by atoms with Gasteiger partial charge in [-0.25, -0.2) is 0 Å². The molecule has 0 saturated carbocycles. The molecule has 0 atom stereocenters. The molecule has 126 valence electrons. The maximum Gasteiger partial charge on any atom is 0.274 e. The van der Waals surface area contributed by atoms with Crippen LogP contribution >= 0.6 is 0 Å². The van der Waals surface area contributed by atoms with E-state index in [0.29, 0.717) is 22.9 Å². The van der Waals surface area contributed by atoms with E-state index >= 15 is 0 Å². The van der Waals surface area contributed by atoms with Gasteiger partial charge in [-0.1, -0.05) is 19.8 Å². The monoisotopic (exact) mass is 327 g/mol. The van der Waals surface area contributed by atoms with Gasteiger partial charge in [-0.3, -0.25) is 9.78 Å². The molecular weight excluding hydrogens is 306 g/mol. The molecule has 1 amide bonds. The Morgan fingerprint density at radius 3 is 2.88 bits per heavy atom. The molecule has 6 nitrogen and oxygen atoms in total. The van der Waals surface area contributed by atoms with Crippen LogP contribution in [0.2, 0.25) is 0 Å². The van der Waals surface area contributed by atoms with Gasteiger partial charge in [-0.05, 0) is 30.7 Å². The van der Waals surface area contributed by atoms with E-state index in [2.05, 4.69) is 22.5 Å². The highest BCUT2D eigenvalue weighted by Gasteiger charge is 2.15. The summed E-state index contributed by atoms with van der Waals surface area (Å²) in [6.45, 7) is 3.27. The van der Waals surface area contributed by atoms with Crippen molar-refractivity contribution in [3.05, 3.63) is 42.2 Å². The molecule has 24 heavy (non-hydrogen) atoms. The SMILES string of the molecule is CCCCCNc1ccnc(C(=O)Nc2ccc3c(c2)OCO3)c1. The number of rotatable bonds is 7. The number of nitrogens with zero attached hydrogens (tertiary/aromatic N) is 1. The Kier molecular flexibility index (Phi) is 5.15. The molecule has 2 aromatic rings. The van der Waals surface area contributed by atoms with E-state index in [0.717, 1.165) is 18.7 Å². The molecule has 1 aliphatic rings. The smallest absolute Gasteiger partial charge is 0.274 e. The summed E-state index contributed by atoms with van der Waals surface area (Å²) in [5.74, 6) is 1.06. The maximum absolute atomic E-state index is 12.4. The molecule has 0 bridgehead atoms. The number of pyridine rings is 1. The molecule has 6 heteroatoms. The van der Waals surface area contributed by atoms with Gasteiger partial charge in [0.15, 0.2) is 11.5 Å². The molecule has 0 fully saturated rings. The average Bonchev–Trinajstić information content (AvgIpc) is 3.07. The van der Waals surface area contributed by atoms with Crippen molar-refractivity contribution in [2.75, 3.05) is 24.0 Å². The lowest BCUT2D eigenvalue weighted by atomic mass is 10.2. The normalized spacial score (nSPS) is 12.0. The molecule has 2 heterocycles. The number of ether oxygens (including phenoxy) is 2. The van der Waals surface area contributed by atoms with Crippen LogP contribution < -0.4 is 20.1 Å². The highest BCUT2D eigenvalue weighted by molar-refractivity contribution is 6.03. The average molecular weight is 327 g/mol. The predicted molar refractivity (Wildman–Crippen MR) is 92.8 cm³/mol. The quantitative estimate of drug-likeness (QED) is 0.759. The summed E-state index contributed by atoms with van der Waals surface area (Å²) in [5.41, 5.74) is 1.91. The number of aromatic nitrogens is 1. The lowest BCUT2D eigenvalue weighted by Crippen LogP contribution is -2.14. The number of hydrogen-bond acceptors (Lipinski definition) is 5. The van der Waals surface area contributed by atoms with Crippen LogP contribution in [0.4, 0.5) is 11.4 Å². The van der Waals surface area contributed by atoms with Gasteiger partial charge in [0.1, 0.15) is 5.69 Å². The van der Waals surface area contributed by atoms with Gasteiger partial charge in [0, 0.05) is 30.2 Å². The lowest BCUT2D eigenvalue weighted by molar-refractivity contribution is 0.102. The first-order valence-electron chi connectivity index (χ1n) is 8.17. The minimum atomic E-state index is -0.258. The van der Waals surface area contributed by atoms with E-state index < -0.39 is 0 Å². The minimum absolute atomic E-state index is 0.208. The molecule has 0 radical (unpaired) electrons. The Hall–Kier alpha value is -2.76. The Bertz CT molecular complexity index is 718. The molecule has 2 N–H and O–H groups in total. The van der Waals surface area contributed by atoms with E-state index in [4.69, 9.17) is 9.47 Å². The highest BCUT2D eigenvalue weighted by Crippen LogP contribution is 2.34. The van der Waals surface area contributed by atoms with Gasteiger partial charge >= 0.3 is 0 Å². The largest absolute Gasteiger partial charge is 0.454 e. The maximum atomic E-state index is 12.4. The molecule has 1 aromatic heterocycles. The Morgan fingerprint density at radius 2 is 2.00 bits per heavy atom. The van der Waals surface area contributed by atoms with Crippen LogP contribution in [-0.4, -0.2) is 24.2 Å². The van der Waals surface area contributed by atoms with Crippen LogP contribution in [-0.2, 0) is 0 Å². The van der Waals surface area contributed by atoms with Crippen molar-refractivity contribution in [3.63, 3.8) is 0 Å². The second kappa shape index (κ2) is 7.68. The molecular formula is C18H21N3O3. The lowest BCUT2D eigenvalue weighted by Gasteiger charge is -2.09. The van der Waals surface area contributed by atoms with E-state index in [1.807, 2.05) is 6.07 Å². The number of anilines is 2. The van der Waals surface area contributed by atoms with E-state index in [9.17, 15) is 4.79 Å². The summed E-state index contributed by atoms with van der Waals surface area (Å²) in [6, 6.07) is 8.92. The summed E-state index contributed by atoms with van der Waals surface area (Å²) in [5, 5.41) is 6.14. The van der Waals surface area contributed by atoms with Crippen molar-refractivity contribution in [2.45, 2.75) is 26.2 Å². The van der Waals surface area contributed by atoms with E-state index in [1.165, 1.54) is 12.8 Å². The fraction of sp³-hybridized carbons (Fsp3) is 0.333. The molecule has 0 saturated heterocycles. The van der Waals surface area contributed by atoms with Crippen molar-refractivity contribution in [3.8, 4) is 11.5 Å². The third kappa shape index (κ3) is 3.95. The zero-order valence-corrected chi connectivity index (χ0v) is 13.7. The Balaban J connectivity index is 1.62. The van der Waals surface area contributed by atoms with Gasteiger partial charge in [0.2, 0.25) is 6.79 Å². The van der Waals surface area contributed by atoms with Crippen molar-refractivity contribution in [1.29, 1.82) is 0 Å². The fourth-order valence-corrected chi connectivity index (χ4v) is 2.44. The molecule has 0 aliphatic carbocycles. The number of amides is 1. The van der Waals surface area contributed by atoms with Crippen molar-refractivity contribution >= 4 is 17.3 Å². The number of nitrogens with one attached hydrogen (secondary N) is 2. The third-order valence-electron chi connectivity index (χ3n) is 3.73. The third-order valence-corrected chi connectivity index (χ3v) is 3.73. The predicted octanol–water partition coefficient (Wildman–Crippen LogP) is 3.66. The zero-order chi connectivity index (χ0) is 16.8. The van der Waals surface area contributed by atoms with Crippen molar-refractivity contribution in [1.82, 2.24) is 4.98 Å². The van der Waals surface area contributed by atoms with Gasteiger partial charge in [-0.15, -0.1) is 0 Å². The van der Waals surface area contributed by atoms with Crippen LogP contribution in [0.25, 0.3) is 0 Å². The molecule has 0 spiro atoms. The number of fused-ring (bicyclic) bond motifs is 1. The second-order valence-corrected chi connectivity index (χ2v) is 5.59. The topological polar surface area (TPSA) is 72.5 Å². The van der Waals surface area contributed by atoms with Crippen LogP contribution in [0, 0.1) is 0 Å².